The van der Waals surface area contributed by atoms with Gasteiger partial charge in [-0.05, 0) is 32.1 Å². The van der Waals surface area contributed by atoms with Crippen LogP contribution >= 0.6 is 0 Å². The van der Waals surface area contributed by atoms with Gasteiger partial charge in [0.25, 0.3) is 0 Å². The maximum atomic E-state index is 12.2. The van der Waals surface area contributed by atoms with Crippen molar-refractivity contribution in [3.05, 3.63) is 0 Å². The molecule has 1 amide bonds. The molecule has 2 N–H and O–H groups in total. The number of halogens is 3. The normalized spacial score (nSPS) is 17.6. The van der Waals surface area contributed by atoms with Crippen LogP contribution in [0.15, 0.2) is 0 Å². The molecule has 0 spiro atoms. The summed E-state index contributed by atoms with van der Waals surface area (Å²) in [6.07, 6.45) is -2.34. The maximum Gasteiger partial charge on any atom is 0.390 e. The van der Waals surface area contributed by atoms with E-state index in [1.807, 2.05) is 0 Å². The molecule has 1 fully saturated rings. The van der Waals surface area contributed by atoms with Crippen molar-refractivity contribution in [2.24, 2.45) is 11.7 Å². The second kappa shape index (κ2) is 6.41. The molecule has 0 saturated heterocycles. The van der Waals surface area contributed by atoms with Crippen molar-refractivity contribution < 1.29 is 18.0 Å². The number of nitrogens with zero attached hydrogens (tertiary/aromatic N) is 1. The van der Waals surface area contributed by atoms with E-state index in [1.165, 1.54) is 4.90 Å². The Labute approximate surface area is 106 Å². The maximum absolute atomic E-state index is 12.2. The highest BCUT2D eigenvalue weighted by atomic mass is 19.4. The lowest BCUT2D eigenvalue weighted by Crippen LogP contribution is -2.36. The molecule has 0 aromatic rings. The molecule has 0 bridgehead atoms. The molecule has 1 aliphatic carbocycles. The third-order valence-corrected chi connectivity index (χ3v) is 3.01. The summed E-state index contributed by atoms with van der Waals surface area (Å²) in [5.41, 5.74) is 5.55. The van der Waals surface area contributed by atoms with Crippen molar-refractivity contribution in [2.45, 2.75) is 51.2 Å². The predicted molar refractivity (Wildman–Crippen MR) is 62.9 cm³/mol. The third-order valence-electron chi connectivity index (χ3n) is 3.01. The average Bonchev–Trinajstić information content (AvgIpc) is 3.03. The quantitative estimate of drug-likeness (QED) is 0.768. The summed E-state index contributed by atoms with van der Waals surface area (Å²) in [5, 5.41) is 0. The SMILES string of the molecule is CC(N)CCC(=O)N(CCC(F)(F)F)CC1CC1. The molecule has 0 aliphatic heterocycles. The van der Waals surface area contributed by atoms with Crippen LogP contribution in [-0.4, -0.2) is 36.1 Å². The van der Waals surface area contributed by atoms with Gasteiger partial charge >= 0.3 is 6.18 Å². The molecule has 1 saturated carbocycles. The molecule has 0 aromatic heterocycles. The number of nitrogens with two attached hydrogens (primary N) is 1. The van der Waals surface area contributed by atoms with Gasteiger partial charge in [-0.15, -0.1) is 0 Å². The van der Waals surface area contributed by atoms with Crippen molar-refractivity contribution in [1.82, 2.24) is 4.90 Å². The molecule has 0 radical (unpaired) electrons. The van der Waals surface area contributed by atoms with Crippen molar-refractivity contribution in [1.29, 1.82) is 0 Å². The number of hydrogen-bond donors (Lipinski definition) is 1. The Morgan fingerprint density at radius 3 is 2.50 bits per heavy atom. The summed E-state index contributed by atoms with van der Waals surface area (Å²) in [4.78, 5) is 13.2. The van der Waals surface area contributed by atoms with Gasteiger partial charge in [0, 0.05) is 25.6 Å². The minimum absolute atomic E-state index is 0.0978. The molecule has 1 aliphatic rings. The van der Waals surface area contributed by atoms with Gasteiger partial charge in [0.2, 0.25) is 5.91 Å². The lowest BCUT2D eigenvalue weighted by atomic mass is 10.1. The number of rotatable bonds is 7. The van der Waals surface area contributed by atoms with E-state index in [-0.39, 0.29) is 24.9 Å². The highest BCUT2D eigenvalue weighted by Gasteiger charge is 2.31. The summed E-state index contributed by atoms with van der Waals surface area (Å²) in [6, 6.07) is -0.0978. The van der Waals surface area contributed by atoms with E-state index in [0.717, 1.165) is 12.8 Å². The van der Waals surface area contributed by atoms with Gasteiger partial charge in [-0.3, -0.25) is 4.79 Å². The zero-order chi connectivity index (χ0) is 13.8. The zero-order valence-electron chi connectivity index (χ0n) is 10.7. The molecule has 1 rings (SSSR count). The second-order valence-electron chi connectivity index (χ2n) is 5.16. The van der Waals surface area contributed by atoms with Crippen LogP contribution in [-0.2, 0) is 4.79 Å². The Morgan fingerprint density at radius 1 is 1.44 bits per heavy atom. The summed E-state index contributed by atoms with van der Waals surface area (Å²) in [5.74, 6) is 0.195. The Bertz CT molecular complexity index is 275. The first kappa shape index (κ1) is 15.3. The Kier molecular flexibility index (Phi) is 5.44. The minimum atomic E-state index is -4.21. The van der Waals surface area contributed by atoms with Crippen molar-refractivity contribution in [3.63, 3.8) is 0 Å². The van der Waals surface area contributed by atoms with Crippen molar-refractivity contribution in [3.8, 4) is 0 Å². The second-order valence-corrected chi connectivity index (χ2v) is 5.16. The fourth-order valence-electron chi connectivity index (χ4n) is 1.70. The lowest BCUT2D eigenvalue weighted by molar-refractivity contribution is -0.145. The Morgan fingerprint density at radius 2 is 2.06 bits per heavy atom. The predicted octanol–water partition coefficient (Wildman–Crippen LogP) is 2.30. The van der Waals surface area contributed by atoms with E-state index in [0.29, 0.717) is 18.9 Å². The van der Waals surface area contributed by atoms with Crippen LogP contribution in [0.25, 0.3) is 0 Å². The fraction of sp³-hybridized carbons (Fsp3) is 0.917. The smallest absolute Gasteiger partial charge is 0.342 e. The van der Waals surface area contributed by atoms with Crippen LogP contribution in [0, 0.1) is 5.92 Å². The number of hydrogen-bond acceptors (Lipinski definition) is 2. The Hall–Kier alpha value is -0.780. The monoisotopic (exact) mass is 266 g/mol. The summed E-state index contributed by atoms with van der Waals surface area (Å²) in [7, 11) is 0. The van der Waals surface area contributed by atoms with Crippen LogP contribution in [0.3, 0.4) is 0 Å². The molecule has 1 atom stereocenters. The lowest BCUT2D eigenvalue weighted by Gasteiger charge is -2.23. The first-order valence-electron chi connectivity index (χ1n) is 6.38. The van der Waals surface area contributed by atoms with E-state index < -0.39 is 12.6 Å². The molecule has 1 unspecified atom stereocenters. The number of alkyl halides is 3. The number of carbonyl (C=O) groups excluding carboxylic acids is 1. The highest BCUT2D eigenvalue weighted by Crippen LogP contribution is 2.30. The van der Waals surface area contributed by atoms with Gasteiger partial charge in [-0.25, -0.2) is 0 Å². The summed E-state index contributed by atoms with van der Waals surface area (Å²) < 4.78 is 36.6. The summed E-state index contributed by atoms with van der Waals surface area (Å²) in [6.45, 7) is 2.03. The van der Waals surface area contributed by atoms with E-state index in [1.54, 1.807) is 6.92 Å². The minimum Gasteiger partial charge on any atom is -0.342 e. The highest BCUT2D eigenvalue weighted by molar-refractivity contribution is 5.76. The van der Waals surface area contributed by atoms with Gasteiger partial charge < -0.3 is 10.6 Å². The molecule has 0 heterocycles. The standard InChI is InChI=1S/C12H21F3N2O/c1-9(16)2-5-11(18)17(8-10-3-4-10)7-6-12(13,14)15/h9-10H,2-8,16H2,1H3. The Balaban J connectivity index is 2.40. The van der Waals surface area contributed by atoms with Crippen LogP contribution in [0.1, 0.15) is 39.0 Å². The third kappa shape index (κ3) is 6.83. The molecule has 6 heteroatoms. The first-order valence-corrected chi connectivity index (χ1v) is 6.38. The van der Waals surface area contributed by atoms with Gasteiger partial charge in [-0.1, -0.05) is 0 Å². The number of amides is 1. The van der Waals surface area contributed by atoms with Crippen LogP contribution in [0.4, 0.5) is 13.2 Å². The molecule has 3 nitrogen and oxygen atoms in total. The van der Waals surface area contributed by atoms with Gasteiger partial charge in [0.1, 0.15) is 0 Å². The van der Waals surface area contributed by atoms with Crippen LogP contribution in [0.5, 0.6) is 0 Å². The van der Waals surface area contributed by atoms with Gasteiger partial charge in [0.15, 0.2) is 0 Å². The van der Waals surface area contributed by atoms with Crippen molar-refractivity contribution >= 4 is 5.91 Å². The van der Waals surface area contributed by atoms with E-state index in [2.05, 4.69) is 0 Å². The van der Waals surface area contributed by atoms with Gasteiger partial charge in [-0.2, -0.15) is 13.2 Å². The molecule has 106 valence electrons. The van der Waals surface area contributed by atoms with Crippen molar-refractivity contribution in [2.75, 3.05) is 13.1 Å². The topological polar surface area (TPSA) is 46.3 Å². The molecule has 18 heavy (non-hydrogen) atoms. The fourth-order valence-corrected chi connectivity index (χ4v) is 1.70. The molecular weight excluding hydrogens is 245 g/mol. The molecule has 0 aromatic carbocycles. The average molecular weight is 266 g/mol. The van der Waals surface area contributed by atoms with Crippen LogP contribution in [0.2, 0.25) is 0 Å². The zero-order valence-corrected chi connectivity index (χ0v) is 10.7. The number of carbonyl (C=O) groups is 1. The summed E-state index contributed by atoms with van der Waals surface area (Å²) >= 11 is 0. The molecular formula is C12H21F3N2O. The van der Waals surface area contributed by atoms with Gasteiger partial charge in [0.05, 0.1) is 6.42 Å². The van der Waals surface area contributed by atoms with E-state index >= 15 is 0 Å². The first-order chi connectivity index (χ1) is 8.28. The van der Waals surface area contributed by atoms with E-state index in [9.17, 15) is 18.0 Å². The largest absolute Gasteiger partial charge is 0.390 e. The van der Waals surface area contributed by atoms with Crippen LogP contribution < -0.4 is 5.73 Å². The van der Waals surface area contributed by atoms with E-state index in [4.69, 9.17) is 5.73 Å².